The molecule has 1 unspecified atom stereocenters. The molecule has 26 nitrogen and oxygen atoms in total. The first-order valence-corrected chi connectivity index (χ1v) is 33.4. The first kappa shape index (κ1) is 84.1. The van der Waals surface area contributed by atoms with Gasteiger partial charge in [-0.05, 0) is 108 Å². The number of nitrogens with zero attached hydrogens (tertiary/aromatic N) is 6. The highest BCUT2D eigenvalue weighted by molar-refractivity contribution is 6.00. The highest BCUT2D eigenvalue weighted by Crippen LogP contribution is 2.25. The van der Waals surface area contributed by atoms with E-state index in [4.69, 9.17) is 9.47 Å². The van der Waals surface area contributed by atoms with E-state index in [-0.39, 0.29) is 62.4 Å². The lowest BCUT2D eigenvalue weighted by Crippen LogP contribution is -2.65. The Labute approximate surface area is 565 Å². The molecule has 0 aromatic heterocycles. The summed E-state index contributed by atoms with van der Waals surface area (Å²) in [4.78, 5) is 170. The molecule has 1 aromatic carbocycles. The number of hydrogen-bond donors (Lipinski definition) is 7. The van der Waals surface area contributed by atoms with Crippen molar-refractivity contribution in [3.63, 3.8) is 0 Å². The predicted octanol–water partition coefficient (Wildman–Crippen LogP) is 2.86. The zero-order valence-electron chi connectivity index (χ0n) is 60.9. The van der Waals surface area contributed by atoms with E-state index in [0.29, 0.717) is 5.56 Å². The third-order valence-corrected chi connectivity index (χ3v) is 17.5. The number of methoxy groups -OCH3 is 1. The van der Waals surface area contributed by atoms with Crippen LogP contribution in [0.4, 0.5) is 0 Å². The molecule has 15 atom stereocenters. The molecule has 1 saturated heterocycles. The van der Waals surface area contributed by atoms with Gasteiger partial charge in [-0.3, -0.25) is 52.7 Å². The topological polar surface area (TPSA) is 326 Å². The van der Waals surface area contributed by atoms with E-state index >= 15 is 24.0 Å². The standard InChI is InChI=1S/C69H117N11O15/c1-24-25-29-43(12)58(82)57-63(87)74-54(46(15)81)68(92)77(19)53(37-95-36-48-30-27-26-28-31-48)67(91)79(21)56(47(16)94-23)62(86)73-49(32-38(2)3)65(89)76(18)51(34-40(6)7)60(84)70-44(13)59(83)71-45(14)64(88)75(17)52(35-41(8)9)61(85)72-50(33-39(4)5)66(90)78(20)55(42(10)11)69(93)80(57)22/h24-28,30-31,38-47,49-58,81-82H,29,32-37H2,1-23H3,(H,70,84)(H,71,83)(H,72,85)(H,73,86)(H,74,87)/t43-,44+,45-,46-,47?,49+,50+,51+,52+,53-,54+,55+,56+,57+,58-/m1/s1. The summed E-state index contributed by atoms with van der Waals surface area (Å²) < 4.78 is 11.9. The Bertz CT molecular complexity index is 2750. The lowest BCUT2D eigenvalue weighted by molar-refractivity contribution is -0.157. The van der Waals surface area contributed by atoms with Crippen molar-refractivity contribution in [2.75, 3.05) is 56.0 Å². The molecule has 0 bridgehead atoms. The van der Waals surface area contributed by atoms with E-state index in [9.17, 15) is 39.0 Å². The van der Waals surface area contributed by atoms with E-state index in [0.717, 1.165) is 14.7 Å². The smallest absolute Gasteiger partial charge is 0.248 e. The third-order valence-electron chi connectivity index (χ3n) is 17.5. The minimum absolute atomic E-state index is 0.0488. The van der Waals surface area contributed by atoms with Crippen LogP contribution in [0.2, 0.25) is 0 Å². The van der Waals surface area contributed by atoms with Gasteiger partial charge in [-0.25, -0.2) is 0 Å². The normalized spacial score (nSPS) is 26.6. The summed E-state index contributed by atoms with van der Waals surface area (Å²) in [7, 11) is 9.33. The third kappa shape index (κ3) is 24.2. The summed E-state index contributed by atoms with van der Waals surface area (Å²) in [5.74, 6) is -11.1. The number of allylic oxidation sites excluding steroid dienone is 2. The number of aliphatic hydroxyl groups is 2. The zero-order valence-corrected chi connectivity index (χ0v) is 60.9. The zero-order chi connectivity index (χ0) is 72.8. The largest absolute Gasteiger partial charge is 0.391 e. The Morgan fingerprint density at radius 3 is 1.38 bits per heavy atom. The predicted molar refractivity (Wildman–Crippen MR) is 362 cm³/mol. The number of benzene rings is 1. The molecule has 95 heavy (non-hydrogen) atoms. The van der Waals surface area contributed by atoms with Gasteiger partial charge in [0.15, 0.2) is 0 Å². The molecule has 1 heterocycles. The van der Waals surface area contributed by atoms with Crippen LogP contribution in [0.25, 0.3) is 0 Å². The van der Waals surface area contributed by atoms with Crippen LogP contribution in [-0.2, 0) is 68.8 Å². The average Bonchev–Trinajstić information content (AvgIpc) is 0.821. The van der Waals surface area contributed by atoms with Gasteiger partial charge in [-0.2, -0.15) is 0 Å². The van der Waals surface area contributed by atoms with Crippen molar-refractivity contribution in [1.29, 1.82) is 0 Å². The van der Waals surface area contributed by atoms with Crippen molar-refractivity contribution in [1.82, 2.24) is 56.0 Å². The number of nitrogens with one attached hydrogen (secondary N) is 5. The number of carbonyl (C=O) groups excluding carboxylic acids is 11. The van der Waals surface area contributed by atoms with Crippen molar-refractivity contribution in [3.8, 4) is 0 Å². The van der Waals surface area contributed by atoms with Gasteiger partial charge in [-0.15, -0.1) is 0 Å². The van der Waals surface area contributed by atoms with Crippen LogP contribution >= 0.6 is 0 Å². The highest BCUT2D eigenvalue weighted by Gasteiger charge is 2.47. The molecule has 1 aromatic rings. The molecule has 0 saturated carbocycles. The molecule has 7 N–H and O–H groups in total. The maximum atomic E-state index is 15.3. The lowest BCUT2D eigenvalue weighted by atomic mass is 9.91. The second kappa shape index (κ2) is 39.3. The fourth-order valence-electron chi connectivity index (χ4n) is 11.7. The number of hydrogen-bond acceptors (Lipinski definition) is 15. The maximum Gasteiger partial charge on any atom is 0.248 e. The maximum absolute atomic E-state index is 15.3. The minimum Gasteiger partial charge on any atom is -0.391 e. The molecule has 0 radical (unpaired) electrons. The first-order valence-electron chi connectivity index (χ1n) is 33.4. The van der Waals surface area contributed by atoms with Crippen LogP contribution < -0.4 is 26.6 Å². The number of aliphatic hydroxyl groups excluding tert-OH is 2. The van der Waals surface area contributed by atoms with Gasteiger partial charge >= 0.3 is 0 Å². The van der Waals surface area contributed by atoms with Crippen LogP contribution in [0.1, 0.15) is 148 Å². The molecular weight excluding hydrogens is 1220 g/mol. The minimum atomic E-state index is -1.87. The Kier molecular flexibility index (Phi) is 34.7. The van der Waals surface area contributed by atoms with Gasteiger partial charge in [0, 0.05) is 49.4 Å². The van der Waals surface area contributed by atoms with Gasteiger partial charge in [0.1, 0.15) is 66.5 Å². The average molecular weight is 1340 g/mol. The first-order chi connectivity index (χ1) is 44.2. The van der Waals surface area contributed by atoms with E-state index < -0.39 is 168 Å². The summed E-state index contributed by atoms with van der Waals surface area (Å²) >= 11 is 0. The van der Waals surface area contributed by atoms with Crippen molar-refractivity contribution in [2.45, 2.75) is 234 Å². The quantitative estimate of drug-likeness (QED) is 0.0924. The second-order valence-corrected chi connectivity index (χ2v) is 27.9. The Morgan fingerprint density at radius 2 is 0.905 bits per heavy atom. The number of amides is 11. The summed E-state index contributed by atoms with van der Waals surface area (Å²) in [6, 6.07) is -6.71. The van der Waals surface area contributed by atoms with E-state index in [1.165, 1.54) is 91.8 Å². The summed E-state index contributed by atoms with van der Waals surface area (Å²) in [6.45, 7) is 26.5. The Balaban J connectivity index is 3.14. The molecule has 26 heteroatoms. The molecule has 538 valence electrons. The van der Waals surface area contributed by atoms with E-state index in [1.54, 1.807) is 70.2 Å². The summed E-state index contributed by atoms with van der Waals surface area (Å²) in [5, 5.41) is 37.5. The van der Waals surface area contributed by atoms with Crippen LogP contribution in [0.3, 0.4) is 0 Å². The molecule has 2 rings (SSSR count). The van der Waals surface area contributed by atoms with Crippen molar-refractivity contribution < 1.29 is 72.4 Å². The number of carbonyl (C=O) groups is 11. The number of rotatable bonds is 20. The molecule has 1 fully saturated rings. The van der Waals surface area contributed by atoms with Crippen LogP contribution in [0.5, 0.6) is 0 Å². The number of ether oxygens (including phenoxy) is 2. The van der Waals surface area contributed by atoms with Crippen molar-refractivity contribution in [2.24, 2.45) is 35.5 Å². The second-order valence-electron chi connectivity index (χ2n) is 27.9. The lowest BCUT2D eigenvalue weighted by Gasteiger charge is -2.40. The van der Waals surface area contributed by atoms with Gasteiger partial charge in [0.25, 0.3) is 0 Å². The van der Waals surface area contributed by atoms with Crippen LogP contribution in [-0.4, -0.2) is 245 Å². The molecule has 1 aliphatic heterocycles. The number of likely N-dealkylation sites (N-methyl/N-ethyl adjacent to an activating group) is 6. The molecular formula is C69H117N11O15. The van der Waals surface area contributed by atoms with Crippen LogP contribution in [0, 0.1) is 35.5 Å². The molecule has 1 aliphatic rings. The van der Waals surface area contributed by atoms with Crippen LogP contribution in [0.15, 0.2) is 42.5 Å². The molecule has 0 aliphatic carbocycles. The van der Waals surface area contributed by atoms with Gasteiger partial charge in [0.2, 0.25) is 65.0 Å². The molecule has 11 amide bonds. The van der Waals surface area contributed by atoms with Crippen molar-refractivity contribution >= 4 is 65.0 Å². The highest BCUT2D eigenvalue weighted by atomic mass is 16.5. The van der Waals surface area contributed by atoms with Gasteiger partial charge in [-0.1, -0.05) is 119 Å². The molecule has 0 spiro atoms. The fraction of sp³-hybridized carbons (Fsp3) is 0.725. The Morgan fingerprint density at radius 1 is 0.474 bits per heavy atom. The van der Waals surface area contributed by atoms with Gasteiger partial charge in [0.05, 0.1) is 31.5 Å². The van der Waals surface area contributed by atoms with E-state index in [2.05, 4.69) is 26.6 Å². The van der Waals surface area contributed by atoms with Crippen molar-refractivity contribution in [3.05, 3.63) is 48.0 Å². The van der Waals surface area contributed by atoms with Gasteiger partial charge < -0.3 is 75.7 Å². The summed E-state index contributed by atoms with van der Waals surface area (Å²) in [5.41, 5.74) is 0.703. The summed E-state index contributed by atoms with van der Waals surface area (Å²) in [6.07, 6.45) is -0.351. The monoisotopic (exact) mass is 1340 g/mol. The van der Waals surface area contributed by atoms with E-state index in [1.807, 2.05) is 55.4 Å². The SMILES string of the molecule is CC=CC[C@@H](C)[C@@H](O)[C@H]1C(=O)N[C@@H]([C@@H](C)O)C(=O)N(C)[C@H](COCc2ccccc2)C(=O)N(C)[C@@H](C(C)OC)C(=O)N[C@@H](CC(C)C)C(=O)N(C)[C@@H](CC(C)C)C(=O)N[C@@H](C)C(=O)N[C@H](C)C(=O)N(C)[C@@H](CC(C)C)C(=O)N[C@@H](CC(C)C)C(=O)N(C)[C@@H](C(C)C)C(=O)N1C. The Hall–Kier alpha value is -7.03. The fourth-order valence-corrected chi connectivity index (χ4v) is 11.7.